The summed E-state index contributed by atoms with van der Waals surface area (Å²) in [6, 6.07) is 3.60. The number of halogens is 2. The molecule has 2 nitrogen and oxygen atoms in total. The number of hydrogen-bond acceptors (Lipinski definition) is 2. The second-order valence-corrected chi connectivity index (χ2v) is 4.97. The Hall–Kier alpha value is -0.310. The first-order valence-corrected chi connectivity index (χ1v) is 6.40. The average molecular weight is 260 g/mol. The van der Waals surface area contributed by atoms with Gasteiger partial charge in [-0.05, 0) is 18.4 Å². The van der Waals surface area contributed by atoms with E-state index in [9.17, 15) is 0 Å². The molecule has 1 fully saturated rings. The normalized spacial score (nSPS) is 16.1. The van der Waals surface area contributed by atoms with E-state index in [0.717, 1.165) is 18.1 Å². The molecule has 0 saturated heterocycles. The van der Waals surface area contributed by atoms with Crippen molar-refractivity contribution in [2.75, 3.05) is 6.61 Å². The maximum absolute atomic E-state index is 5.93. The average Bonchev–Trinajstić information content (AvgIpc) is 2.18. The molecule has 0 bridgehead atoms. The van der Waals surface area contributed by atoms with Crippen molar-refractivity contribution in [1.29, 1.82) is 0 Å². The Morgan fingerprint density at radius 2 is 2.12 bits per heavy atom. The van der Waals surface area contributed by atoms with Gasteiger partial charge >= 0.3 is 0 Å². The van der Waals surface area contributed by atoms with Gasteiger partial charge in [0, 0.05) is 12.2 Å². The molecule has 88 valence electrons. The summed E-state index contributed by atoms with van der Waals surface area (Å²) < 4.78 is 5.58. The third kappa shape index (κ3) is 3.34. The lowest BCUT2D eigenvalue weighted by molar-refractivity contribution is 0.0949. The van der Waals surface area contributed by atoms with E-state index < -0.39 is 0 Å². The van der Waals surface area contributed by atoms with Crippen molar-refractivity contribution in [3.63, 3.8) is 0 Å². The monoisotopic (exact) mass is 259 g/mol. The van der Waals surface area contributed by atoms with E-state index in [1.807, 2.05) is 6.07 Å². The summed E-state index contributed by atoms with van der Waals surface area (Å²) in [4.78, 5) is 3.97. The highest BCUT2D eigenvalue weighted by atomic mass is 35.5. The third-order valence-corrected chi connectivity index (χ3v) is 3.58. The molecule has 1 heterocycles. The van der Waals surface area contributed by atoms with Gasteiger partial charge in [0.1, 0.15) is 10.3 Å². The summed E-state index contributed by atoms with van der Waals surface area (Å²) in [7, 11) is 0. The Kier molecular flexibility index (Phi) is 4.45. The first kappa shape index (κ1) is 12.2. The fraction of sp³-hybridized carbons (Fsp3) is 0.583. The van der Waals surface area contributed by atoms with Crippen LogP contribution in [0.3, 0.4) is 0 Å². The lowest BCUT2D eigenvalue weighted by atomic mass is 9.83. The van der Waals surface area contributed by atoms with Crippen LogP contribution in [0.4, 0.5) is 0 Å². The highest BCUT2D eigenvalue weighted by Gasteiger charge is 2.16. The van der Waals surface area contributed by atoms with Gasteiger partial charge in [-0.25, -0.2) is 4.98 Å². The molecule has 0 amide bonds. The fourth-order valence-electron chi connectivity index (χ4n) is 1.76. The summed E-state index contributed by atoms with van der Waals surface area (Å²) in [6.45, 7) is 1.33. The molecule has 1 saturated carbocycles. The summed E-state index contributed by atoms with van der Waals surface area (Å²) in [5, 5.41) is 0.861. The minimum absolute atomic E-state index is 0.420. The van der Waals surface area contributed by atoms with Crippen molar-refractivity contribution in [3.05, 3.63) is 28.0 Å². The zero-order valence-corrected chi connectivity index (χ0v) is 10.6. The van der Waals surface area contributed by atoms with Crippen molar-refractivity contribution in [3.8, 4) is 0 Å². The molecule has 0 spiro atoms. The van der Waals surface area contributed by atoms with E-state index in [1.165, 1.54) is 25.7 Å². The van der Waals surface area contributed by atoms with Gasteiger partial charge in [-0.2, -0.15) is 0 Å². The second-order valence-electron chi connectivity index (χ2n) is 4.22. The van der Waals surface area contributed by atoms with Crippen molar-refractivity contribution >= 4 is 23.2 Å². The zero-order valence-electron chi connectivity index (χ0n) is 9.09. The van der Waals surface area contributed by atoms with Crippen LogP contribution in [0.1, 0.15) is 31.2 Å². The molecule has 1 aliphatic carbocycles. The van der Waals surface area contributed by atoms with Gasteiger partial charge in [0.15, 0.2) is 0 Å². The van der Waals surface area contributed by atoms with Crippen LogP contribution in [0.25, 0.3) is 0 Å². The highest BCUT2D eigenvalue weighted by molar-refractivity contribution is 6.32. The lowest BCUT2D eigenvalue weighted by Crippen LogP contribution is -2.13. The van der Waals surface area contributed by atoms with Crippen LogP contribution in [0, 0.1) is 5.92 Å². The molecule has 0 N–H and O–H groups in total. The van der Waals surface area contributed by atoms with E-state index in [-0.39, 0.29) is 0 Å². The number of pyridine rings is 1. The predicted octanol–water partition coefficient (Wildman–Crippen LogP) is 4.10. The third-order valence-electron chi connectivity index (χ3n) is 3.04. The molecular weight excluding hydrogens is 245 g/mol. The molecule has 0 aromatic carbocycles. The number of nitrogens with zero attached hydrogens (tertiary/aromatic N) is 1. The highest BCUT2D eigenvalue weighted by Crippen LogP contribution is 2.29. The Labute approximate surface area is 106 Å². The maximum atomic E-state index is 5.93. The van der Waals surface area contributed by atoms with Crippen LogP contribution in [0.15, 0.2) is 12.1 Å². The standard InChI is InChI=1S/C12H15Cl2NO/c13-11-5-4-10(12(14)15-11)8-16-7-6-9-2-1-3-9/h4-5,9H,1-3,6-8H2. The number of aromatic nitrogens is 1. The van der Waals surface area contributed by atoms with E-state index in [4.69, 9.17) is 27.9 Å². The lowest BCUT2D eigenvalue weighted by Gasteiger charge is -2.24. The predicted molar refractivity (Wildman–Crippen MR) is 65.9 cm³/mol. The van der Waals surface area contributed by atoms with Gasteiger partial charge in [0.25, 0.3) is 0 Å². The topological polar surface area (TPSA) is 22.1 Å². The molecule has 0 atom stereocenters. The van der Waals surface area contributed by atoms with Crippen LogP contribution in [0.2, 0.25) is 10.3 Å². The van der Waals surface area contributed by atoms with Crippen molar-refractivity contribution in [2.24, 2.45) is 5.92 Å². The minimum atomic E-state index is 0.420. The summed E-state index contributed by atoms with van der Waals surface area (Å²) in [5.41, 5.74) is 0.902. The SMILES string of the molecule is Clc1ccc(COCCC2CCC2)c(Cl)n1. The van der Waals surface area contributed by atoms with Gasteiger partial charge in [-0.15, -0.1) is 0 Å². The summed E-state index contributed by atoms with van der Waals surface area (Å²) >= 11 is 11.6. The molecular formula is C12H15Cl2NO. The molecule has 0 aliphatic heterocycles. The van der Waals surface area contributed by atoms with E-state index >= 15 is 0 Å². The molecule has 16 heavy (non-hydrogen) atoms. The van der Waals surface area contributed by atoms with Gasteiger partial charge in [-0.3, -0.25) is 0 Å². The van der Waals surface area contributed by atoms with E-state index in [0.29, 0.717) is 16.9 Å². The quantitative estimate of drug-likeness (QED) is 0.587. The van der Waals surface area contributed by atoms with Crippen LogP contribution in [-0.4, -0.2) is 11.6 Å². The molecule has 1 aliphatic rings. The number of rotatable bonds is 5. The minimum Gasteiger partial charge on any atom is -0.377 e. The molecule has 1 aromatic heterocycles. The Balaban J connectivity index is 1.71. The Morgan fingerprint density at radius 1 is 1.31 bits per heavy atom. The van der Waals surface area contributed by atoms with Gasteiger partial charge in [0.2, 0.25) is 0 Å². The molecule has 4 heteroatoms. The number of hydrogen-bond donors (Lipinski definition) is 0. The van der Waals surface area contributed by atoms with Gasteiger partial charge in [-0.1, -0.05) is 48.5 Å². The second kappa shape index (κ2) is 5.85. The van der Waals surface area contributed by atoms with Crippen molar-refractivity contribution in [1.82, 2.24) is 4.98 Å². The maximum Gasteiger partial charge on any atom is 0.136 e. The Morgan fingerprint density at radius 3 is 2.75 bits per heavy atom. The Bertz CT molecular complexity index is 353. The van der Waals surface area contributed by atoms with Gasteiger partial charge < -0.3 is 4.74 Å². The van der Waals surface area contributed by atoms with Crippen LogP contribution < -0.4 is 0 Å². The smallest absolute Gasteiger partial charge is 0.136 e. The molecule has 1 aromatic rings. The van der Waals surface area contributed by atoms with Crippen molar-refractivity contribution < 1.29 is 4.74 Å². The largest absolute Gasteiger partial charge is 0.377 e. The molecule has 0 unspecified atom stereocenters. The van der Waals surface area contributed by atoms with Crippen LogP contribution in [0.5, 0.6) is 0 Å². The zero-order chi connectivity index (χ0) is 11.4. The van der Waals surface area contributed by atoms with Gasteiger partial charge in [0.05, 0.1) is 6.61 Å². The first-order chi connectivity index (χ1) is 7.75. The van der Waals surface area contributed by atoms with E-state index in [1.54, 1.807) is 6.07 Å². The summed E-state index contributed by atoms with van der Waals surface area (Å²) in [5.74, 6) is 0.888. The van der Waals surface area contributed by atoms with Crippen LogP contribution >= 0.6 is 23.2 Å². The summed E-state index contributed by atoms with van der Waals surface area (Å²) in [6.07, 6.45) is 5.29. The first-order valence-electron chi connectivity index (χ1n) is 5.64. The molecule has 2 rings (SSSR count). The number of ether oxygens (including phenoxy) is 1. The van der Waals surface area contributed by atoms with Crippen LogP contribution in [-0.2, 0) is 11.3 Å². The van der Waals surface area contributed by atoms with E-state index in [2.05, 4.69) is 4.98 Å². The molecule has 0 radical (unpaired) electrons. The fourth-order valence-corrected chi connectivity index (χ4v) is 2.16. The van der Waals surface area contributed by atoms with Crippen molar-refractivity contribution in [2.45, 2.75) is 32.3 Å².